The van der Waals surface area contributed by atoms with E-state index in [2.05, 4.69) is 20.7 Å². The zero-order valence-electron chi connectivity index (χ0n) is 7.53. The molecule has 1 aromatic rings. The van der Waals surface area contributed by atoms with Gasteiger partial charge in [0.15, 0.2) is 0 Å². The van der Waals surface area contributed by atoms with Crippen LogP contribution in [0, 0.1) is 0 Å². The van der Waals surface area contributed by atoms with Crippen molar-refractivity contribution >= 4 is 27.5 Å². The van der Waals surface area contributed by atoms with Gasteiger partial charge in [0.1, 0.15) is 5.57 Å². The molecular formula is C10H9BrO3. The maximum absolute atomic E-state index is 11.2. The largest absolute Gasteiger partial charge is 0.515 e. The van der Waals surface area contributed by atoms with Crippen LogP contribution >= 0.6 is 15.9 Å². The summed E-state index contributed by atoms with van der Waals surface area (Å²) in [5, 5.41) is 8.92. The van der Waals surface area contributed by atoms with Gasteiger partial charge in [-0.2, -0.15) is 0 Å². The van der Waals surface area contributed by atoms with Gasteiger partial charge in [-0.25, -0.2) is 4.79 Å². The van der Waals surface area contributed by atoms with Crippen molar-refractivity contribution in [2.24, 2.45) is 0 Å². The number of methoxy groups -OCH3 is 1. The van der Waals surface area contributed by atoms with Crippen molar-refractivity contribution in [3.05, 3.63) is 40.6 Å². The first kappa shape index (κ1) is 10.8. The van der Waals surface area contributed by atoms with Crippen molar-refractivity contribution in [1.82, 2.24) is 0 Å². The maximum atomic E-state index is 11.2. The van der Waals surface area contributed by atoms with Gasteiger partial charge in [-0.3, -0.25) is 0 Å². The molecule has 0 aliphatic carbocycles. The van der Waals surface area contributed by atoms with Gasteiger partial charge in [0.2, 0.25) is 0 Å². The summed E-state index contributed by atoms with van der Waals surface area (Å²) in [7, 11) is 1.27. The van der Waals surface area contributed by atoms with E-state index in [4.69, 9.17) is 5.11 Å². The van der Waals surface area contributed by atoms with Crippen LogP contribution in [0.25, 0.3) is 5.57 Å². The van der Waals surface area contributed by atoms with Crippen LogP contribution in [-0.2, 0) is 9.53 Å². The van der Waals surface area contributed by atoms with Crippen LogP contribution in [0.15, 0.2) is 35.0 Å². The molecule has 0 saturated carbocycles. The fourth-order valence-corrected chi connectivity index (χ4v) is 1.52. The highest BCUT2D eigenvalue weighted by molar-refractivity contribution is 9.10. The van der Waals surface area contributed by atoms with E-state index in [1.807, 2.05) is 6.07 Å². The second-order valence-electron chi connectivity index (χ2n) is 2.51. The fraction of sp³-hybridized carbons (Fsp3) is 0.100. The molecule has 0 atom stereocenters. The van der Waals surface area contributed by atoms with E-state index in [1.54, 1.807) is 18.2 Å². The Morgan fingerprint density at radius 1 is 1.50 bits per heavy atom. The zero-order chi connectivity index (χ0) is 10.6. The Labute approximate surface area is 90.1 Å². The maximum Gasteiger partial charge on any atom is 0.341 e. The monoisotopic (exact) mass is 256 g/mol. The summed E-state index contributed by atoms with van der Waals surface area (Å²) in [5.41, 5.74) is 0.724. The molecule has 1 aromatic carbocycles. The molecule has 0 aromatic heterocycles. The topological polar surface area (TPSA) is 46.5 Å². The number of hydrogen-bond donors (Lipinski definition) is 1. The number of carbonyl (C=O) groups excluding carboxylic acids is 1. The molecule has 14 heavy (non-hydrogen) atoms. The molecule has 4 heteroatoms. The van der Waals surface area contributed by atoms with Crippen LogP contribution in [0.4, 0.5) is 0 Å². The molecule has 1 N–H and O–H groups in total. The lowest BCUT2D eigenvalue weighted by Gasteiger charge is -2.05. The number of halogens is 1. The van der Waals surface area contributed by atoms with Gasteiger partial charge >= 0.3 is 5.97 Å². The predicted molar refractivity (Wildman–Crippen MR) is 56.8 cm³/mol. The third kappa shape index (κ3) is 2.14. The van der Waals surface area contributed by atoms with E-state index in [0.717, 1.165) is 10.7 Å². The predicted octanol–water partition coefficient (Wildman–Crippen LogP) is 2.52. The Bertz CT molecular complexity index is 371. The second-order valence-corrected chi connectivity index (χ2v) is 3.37. The van der Waals surface area contributed by atoms with Crippen molar-refractivity contribution < 1.29 is 14.6 Å². The lowest BCUT2D eigenvalue weighted by molar-refractivity contribution is -0.133. The molecular weight excluding hydrogens is 248 g/mol. The smallest absolute Gasteiger partial charge is 0.341 e. The number of esters is 1. The number of hydrogen-bond acceptors (Lipinski definition) is 3. The highest BCUT2D eigenvalue weighted by atomic mass is 79.9. The highest BCUT2D eigenvalue weighted by Crippen LogP contribution is 2.24. The SMILES string of the molecule is COC(=O)/C(=C\O)c1ccccc1Br. The average molecular weight is 257 g/mol. The Kier molecular flexibility index (Phi) is 3.71. The van der Waals surface area contributed by atoms with Crippen LogP contribution in [0.1, 0.15) is 5.56 Å². The third-order valence-electron chi connectivity index (χ3n) is 1.70. The van der Waals surface area contributed by atoms with Crippen LogP contribution in [0.5, 0.6) is 0 Å². The van der Waals surface area contributed by atoms with Crippen LogP contribution in [0.3, 0.4) is 0 Å². The number of aliphatic hydroxyl groups excluding tert-OH is 1. The van der Waals surface area contributed by atoms with Crippen molar-refractivity contribution in [1.29, 1.82) is 0 Å². The molecule has 0 bridgehead atoms. The van der Waals surface area contributed by atoms with E-state index in [9.17, 15) is 4.79 Å². The second kappa shape index (κ2) is 4.81. The first-order chi connectivity index (χ1) is 6.70. The number of rotatable bonds is 2. The number of ether oxygens (including phenoxy) is 1. The van der Waals surface area contributed by atoms with Gasteiger partial charge < -0.3 is 9.84 Å². The van der Waals surface area contributed by atoms with Crippen molar-refractivity contribution in [3.8, 4) is 0 Å². The van der Waals surface area contributed by atoms with Crippen LogP contribution in [0.2, 0.25) is 0 Å². The van der Waals surface area contributed by atoms with Gasteiger partial charge in [-0.1, -0.05) is 34.1 Å². The lowest BCUT2D eigenvalue weighted by atomic mass is 10.1. The molecule has 74 valence electrons. The molecule has 0 aliphatic rings. The molecule has 0 amide bonds. The molecule has 1 rings (SSSR count). The summed E-state index contributed by atoms with van der Waals surface area (Å²) in [6, 6.07) is 7.08. The normalized spacial score (nSPS) is 11.1. The van der Waals surface area contributed by atoms with Gasteiger partial charge in [0.05, 0.1) is 13.4 Å². The molecule has 0 spiro atoms. The summed E-state index contributed by atoms with van der Waals surface area (Å²) in [6.07, 6.45) is 0.742. The minimum Gasteiger partial charge on any atom is -0.515 e. The first-order valence-corrected chi connectivity index (χ1v) is 4.67. The Morgan fingerprint density at radius 3 is 2.64 bits per heavy atom. The lowest BCUT2D eigenvalue weighted by Crippen LogP contribution is -2.04. The van der Waals surface area contributed by atoms with Crippen molar-refractivity contribution in [2.45, 2.75) is 0 Å². The van der Waals surface area contributed by atoms with Gasteiger partial charge in [0.25, 0.3) is 0 Å². The number of aliphatic hydroxyl groups is 1. The first-order valence-electron chi connectivity index (χ1n) is 3.88. The summed E-state index contributed by atoms with van der Waals surface area (Å²) in [4.78, 5) is 11.2. The summed E-state index contributed by atoms with van der Waals surface area (Å²) in [6.45, 7) is 0. The Morgan fingerprint density at radius 2 is 2.14 bits per heavy atom. The third-order valence-corrected chi connectivity index (χ3v) is 2.39. The Balaban J connectivity index is 3.15. The van der Waals surface area contributed by atoms with Crippen molar-refractivity contribution in [2.75, 3.05) is 7.11 Å². The molecule has 0 saturated heterocycles. The summed E-state index contributed by atoms with van der Waals surface area (Å²) in [5.74, 6) is -0.570. The number of benzene rings is 1. The van der Waals surface area contributed by atoms with Crippen LogP contribution < -0.4 is 0 Å². The quantitative estimate of drug-likeness (QED) is 0.503. The fourth-order valence-electron chi connectivity index (χ4n) is 1.02. The van der Waals surface area contributed by atoms with Crippen LogP contribution in [-0.4, -0.2) is 18.2 Å². The molecule has 0 fully saturated rings. The van der Waals surface area contributed by atoms with Gasteiger partial charge in [-0.15, -0.1) is 0 Å². The van der Waals surface area contributed by atoms with E-state index >= 15 is 0 Å². The van der Waals surface area contributed by atoms with E-state index in [1.165, 1.54) is 7.11 Å². The van der Waals surface area contributed by atoms with E-state index in [-0.39, 0.29) is 5.57 Å². The van der Waals surface area contributed by atoms with E-state index < -0.39 is 5.97 Å². The molecule has 0 unspecified atom stereocenters. The minimum atomic E-state index is -0.570. The van der Waals surface area contributed by atoms with E-state index in [0.29, 0.717) is 5.56 Å². The molecule has 0 heterocycles. The van der Waals surface area contributed by atoms with Gasteiger partial charge in [0, 0.05) is 10.0 Å². The average Bonchev–Trinajstić information content (AvgIpc) is 2.21. The number of carbonyl (C=O) groups is 1. The summed E-state index contributed by atoms with van der Waals surface area (Å²) >= 11 is 3.28. The summed E-state index contributed by atoms with van der Waals surface area (Å²) < 4.78 is 5.25. The standard InChI is InChI=1S/C10H9BrO3/c1-14-10(13)8(6-12)7-4-2-3-5-9(7)11/h2-6,12H,1H3/b8-6-. The highest BCUT2D eigenvalue weighted by Gasteiger charge is 2.14. The van der Waals surface area contributed by atoms with Crippen molar-refractivity contribution in [3.63, 3.8) is 0 Å². The molecule has 0 radical (unpaired) electrons. The van der Waals surface area contributed by atoms with Gasteiger partial charge in [-0.05, 0) is 6.07 Å². The Hall–Kier alpha value is -1.29. The molecule has 3 nitrogen and oxygen atoms in total. The minimum absolute atomic E-state index is 0.125. The zero-order valence-corrected chi connectivity index (χ0v) is 9.11. The molecule has 0 aliphatic heterocycles.